The lowest BCUT2D eigenvalue weighted by Crippen LogP contribution is -2.18. The highest BCUT2D eigenvalue weighted by Crippen LogP contribution is 2.29. The minimum absolute atomic E-state index is 0.275. The van der Waals surface area contributed by atoms with E-state index in [0.717, 1.165) is 37.5 Å². The first-order valence-electron chi connectivity index (χ1n) is 7.88. The van der Waals surface area contributed by atoms with Crippen LogP contribution in [0.15, 0.2) is 30.9 Å². The van der Waals surface area contributed by atoms with Crippen LogP contribution in [0.1, 0.15) is 51.1 Å². The molecule has 3 nitrogen and oxygen atoms in total. The molecule has 0 saturated carbocycles. The van der Waals surface area contributed by atoms with Gasteiger partial charge >= 0.3 is 0 Å². The highest BCUT2D eigenvalue weighted by Gasteiger charge is 2.12. The zero-order valence-electron chi connectivity index (χ0n) is 13.7. The third-order valence-electron chi connectivity index (χ3n) is 3.51. The molecular weight excluding hydrogens is 262 g/mol. The van der Waals surface area contributed by atoms with Crippen molar-refractivity contribution in [1.82, 2.24) is 5.32 Å². The normalized spacial score (nSPS) is 12.0. The number of rotatable bonds is 11. The van der Waals surface area contributed by atoms with E-state index < -0.39 is 0 Å². The van der Waals surface area contributed by atoms with Gasteiger partial charge in [0.15, 0.2) is 0 Å². The number of nitrogens with one attached hydrogen (secondary N) is 1. The Balaban J connectivity index is 2.61. The highest BCUT2D eigenvalue weighted by atomic mass is 16.5. The number of methoxy groups -OCH3 is 1. The fourth-order valence-electron chi connectivity index (χ4n) is 2.29. The second-order valence-electron chi connectivity index (χ2n) is 5.17. The van der Waals surface area contributed by atoms with Crippen molar-refractivity contribution in [3.8, 4) is 11.5 Å². The van der Waals surface area contributed by atoms with Crippen LogP contribution in [-0.4, -0.2) is 20.3 Å². The third-order valence-corrected chi connectivity index (χ3v) is 3.51. The summed E-state index contributed by atoms with van der Waals surface area (Å²) in [7, 11) is 1.68. The van der Waals surface area contributed by atoms with E-state index in [0.29, 0.717) is 0 Å². The predicted octanol–water partition coefficient (Wildman–Crippen LogP) is 4.49. The van der Waals surface area contributed by atoms with Crippen LogP contribution in [0.4, 0.5) is 0 Å². The molecule has 0 heterocycles. The molecular formula is C18H29NO2. The van der Waals surface area contributed by atoms with E-state index >= 15 is 0 Å². The Morgan fingerprint density at radius 3 is 2.76 bits per heavy atom. The maximum Gasteiger partial charge on any atom is 0.127 e. The first kappa shape index (κ1) is 17.6. The molecule has 0 aliphatic heterocycles. The Morgan fingerprint density at radius 1 is 1.29 bits per heavy atom. The number of hydrogen-bond donors (Lipinski definition) is 1. The average Bonchev–Trinajstić information content (AvgIpc) is 2.50. The molecule has 0 radical (unpaired) electrons. The van der Waals surface area contributed by atoms with E-state index in [1.807, 2.05) is 18.2 Å². The predicted molar refractivity (Wildman–Crippen MR) is 89.2 cm³/mol. The van der Waals surface area contributed by atoms with Crippen molar-refractivity contribution in [2.45, 2.75) is 45.6 Å². The molecule has 0 amide bonds. The van der Waals surface area contributed by atoms with Crippen LogP contribution < -0.4 is 14.8 Å². The van der Waals surface area contributed by atoms with Crippen LogP contribution in [0.3, 0.4) is 0 Å². The van der Waals surface area contributed by atoms with E-state index in [4.69, 9.17) is 9.47 Å². The summed E-state index contributed by atoms with van der Waals surface area (Å²) in [6.45, 7) is 9.69. The molecule has 0 aliphatic rings. The largest absolute Gasteiger partial charge is 0.497 e. The molecule has 21 heavy (non-hydrogen) atoms. The van der Waals surface area contributed by atoms with Crippen LogP contribution >= 0.6 is 0 Å². The molecule has 0 saturated heterocycles. The molecule has 1 N–H and O–H groups in total. The van der Waals surface area contributed by atoms with Crippen LogP contribution in [0, 0.1) is 0 Å². The van der Waals surface area contributed by atoms with Crippen molar-refractivity contribution < 1.29 is 9.47 Å². The summed E-state index contributed by atoms with van der Waals surface area (Å²) in [5.74, 6) is 1.76. The molecule has 0 fully saturated rings. The van der Waals surface area contributed by atoms with Crippen LogP contribution in [0.2, 0.25) is 0 Å². The lowest BCUT2D eigenvalue weighted by atomic mass is 10.1. The molecule has 118 valence electrons. The van der Waals surface area contributed by atoms with Crippen molar-refractivity contribution >= 4 is 0 Å². The standard InChI is InChI=1S/C18H29NO2/c1-5-7-8-9-10-13-21-18-14-16(20-4)11-12-17(18)15(3)19-6-2/h5,11-12,14-15,19H,1,6-10,13H2,2-4H3. The Kier molecular flexibility index (Phi) is 8.60. The van der Waals surface area contributed by atoms with Gasteiger partial charge in [-0.1, -0.05) is 19.1 Å². The second-order valence-corrected chi connectivity index (χ2v) is 5.17. The van der Waals surface area contributed by atoms with E-state index in [2.05, 4.69) is 31.8 Å². The minimum Gasteiger partial charge on any atom is -0.497 e. The van der Waals surface area contributed by atoms with Gasteiger partial charge in [0.25, 0.3) is 0 Å². The fourth-order valence-corrected chi connectivity index (χ4v) is 2.29. The van der Waals surface area contributed by atoms with Gasteiger partial charge in [-0.15, -0.1) is 6.58 Å². The van der Waals surface area contributed by atoms with Crippen LogP contribution in [0.5, 0.6) is 11.5 Å². The molecule has 0 aromatic heterocycles. The minimum atomic E-state index is 0.275. The average molecular weight is 291 g/mol. The summed E-state index contributed by atoms with van der Waals surface area (Å²) in [5.41, 5.74) is 1.18. The molecule has 3 heteroatoms. The zero-order valence-corrected chi connectivity index (χ0v) is 13.7. The van der Waals surface area contributed by atoms with Gasteiger partial charge in [0.1, 0.15) is 11.5 Å². The lowest BCUT2D eigenvalue weighted by molar-refractivity contribution is 0.297. The molecule has 1 rings (SSSR count). The lowest BCUT2D eigenvalue weighted by Gasteiger charge is -2.18. The number of unbranched alkanes of at least 4 members (excludes halogenated alkanes) is 3. The SMILES string of the molecule is C=CCCCCCOc1cc(OC)ccc1C(C)NCC. The molecule has 1 unspecified atom stereocenters. The third kappa shape index (κ3) is 6.21. The molecule has 0 spiro atoms. The Morgan fingerprint density at radius 2 is 2.10 bits per heavy atom. The first-order chi connectivity index (χ1) is 10.2. The van der Waals surface area contributed by atoms with Crippen molar-refractivity contribution in [2.75, 3.05) is 20.3 Å². The maximum absolute atomic E-state index is 5.98. The van der Waals surface area contributed by atoms with Crippen molar-refractivity contribution in [3.63, 3.8) is 0 Å². The molecule has 0 aliphatic carbocycles. The topological polar surface area (TPSA) is 30.5 Å². The molecule has 1 atom stereocenters. The van der Waals surface area contributed by atoms with Gasteiger partial charge in [-0.25, -0.2) is 0 Å². The van der Waals surface area contributed by atoms with Crippen molar-refractivity contribution in [1.29, 1.82) is 0 Å². The Labute approximate surface area is 129 Å². The molecule has 1 aromatic carbocycles. The van der Waals surface area contributed by atoms with Gasteiger partial charge in [-0.3, -0.25) is 0 Å². The Hall–Kier alpha value is -1.48. The quantitative estimate of drug-likeness (QED) is 0.481. The Bertz CT molecular complexity index is 418. The first-order valence-corrected chi connectivity index (χ1v) is 7.88. The van der Waals surface area contributed by atoms with Crippen LogP contribution in [-0.2, 0) is 0 Å². The molecule has 0 bridgehead atoms. The van der Waals surface area contributed by atoms with Crippen molar-refractivity contribution in [3.05, 3.63) is 36.4 Å². The van der Waals surface area contributed by atoms with Gasteiger partial charge < -0.3 is 14.8 Å². The van der Waals surface area contributed by atoms with Crippen molar-refractivity contribution in [2.24, 2.45) is 0 Å². The highest BCUT2D eigenvalue weighted by molar-refractivity contribution is 5.42. The number of hydrogen-bond acceptors (Lipinski definition) is 3. The maximum atomic E-state index is 5.98. The fraction of sp³-hybridized carbons (Fsp3) is 0.556. The number of allylic oxidation sites excluding steroid dienone is 1. The number of ether oxygens (including phenoxy) is 2. The van der Waals surface area contributed by atoms with Gasteiger partial charge in [0, 0.05) is 17.7 Å². The summed E-state index contributed by atoms with van der Waals surface area (Å²) in [6.07, 6.45) is 6.49. The second kappa shape index (κ2) is 10.3. The monoisotopic (exact) mass is 291 g/mol. The van der Waals surface area contributed by atoms with Gasteiger partial charge in [0.05, 0.1) is 13.7 Å². The number of benzene rings is 1. The summed E-state index contributed by atoms with van der Waals surface area (Å²) in [6, 6.07) is 6.32. The smallest absolute Gasteiger partial charge is 0.127 e. The van der Waals surface area contributed by atoms with E-state index in [9.17, 15) is 0 Å². The van der Waals surface area contributed by atoms with Gasteiger partial charge in [0.2, 0.25) is 0 Å². The van der Waals surface area contributed by atoms with Gasteiger partial charge in [-0.05, 0) is 45.2 Å². The summed E-state index contributed by atoms with van der Waals surface area (Å²) in [4.78, 5) is 0. The summed E-state index contributed by atoms with van der Waals surface area (Å²) >= 11 is 0. The van der Waals surface area contributed by atoms with Gasteiger partial charge in [-0.2, -0.15) is 0 Å². The van der Waals surface area contributed by atoms with E-state index in [1.165, 1.54) is 18.4 Å². The summed E-state index contributed by atoms with van der Waals surface area (Å²) < 4.78 is 11.3. The van der Waals surface area contributed by atoms with E-state index in [-0.39, 0.29) is 6.04 Å². The molecule has 1 aromatic rings. The van der Waals surface area contributed by atoms with E-state index in [1.54, 1.807) is 7.11 Å². The summed E-state index contributed by atoms with van der Waals surface area (Å²) in [5, 5.41) is 3.43. The van der Waals surface area contributed by atoms with Crippen LogP contribution in [0.25, 0.3) is 0 Å². The zero-order chi connectivity index (χ0) is 15.5.